The molecule has 0 radical (unpaired) electrons. The van der Waals surface area contributed by atoms with Crippen molar-refractivity contribution in [2.24, 2.45) is 11.8 Å². The highest BCUT2D eigenvalue weighted by atomic mass is 16.5. The highest BCUT2D eigenvalue weighted by Gasteiger charge is 2.72. The van der Waals surface area contributed by atoms with E-state index in [0.29, 0.717) is 19.5 Å². The second kappa shape index (κ2) is 10.3. The van der Waals surface area contributed by atoms with Gasteiger partial charge in [0.05, 0.1) is 30.6 Å². The van der Waals surface area contributed by atoms with Gasteiger partial charge in [-0.3, -0.25) is 14.4 Å². The summed E-state index contributed by atoms with van der Waals surface area (Å²) in [7, 11) is 0. The Labute approximate surface area is 240 Å². The molecule has 1 unspecified atom stereocenters. The Kier molecular flexibility index (Phi) is 6.86. The average molecular weight is 556 g/mol. The summed E-state index contributed by atoms with van der Waals surface area (Å²) in [5.74, 6) is -2.50. The number of hydrogen-bond donors (Lipinski definition) is 1. The van der Waals surface area contributed by atoms with E-state index in [0.717, 1.165) is 11.3 Å². The van der Waals surface area contributed by atoms with E-state index >= 15 is 0 Å². The molecule has 2 aromatic rings. The Morgan fingerprint density at radius 2 is 1.61 bits per heavy atom. The van der Waals surface area contributed by atoms with Crippen LogP contribution in [0.15, 0.2) is 85.0 Å². The van der Waals surface area contributed by atoms with E-state index in [9.17, 15) is 19.5 Å². The number of amides is 3. The van der Waals surface area contributed by atoms with Gasteiger partial charge in [-0.1, -0.05) is 72.8 Å². The van der Waals surface area contributed by atoms with E-state index < -0.39 is 41.2 Å². The number of likely N-dealkylation sites (tertiary alicyclic amines) is 1. The molecule has 1 spiro atoms. The van der Waals surface area contributed by atoms with Crippen LogP contribution in [0.5, 0.6) is 0 Å². The maximum atomic E-state index is 14.6. The summed E-state index contributed by atoms with van der Waals surface area (Å²) in [6.45, 7) is 6.28. The highest BCUT2D eigenvalue weighted by Crippen LogP contribution is 2.54. The van der Waals surface area contributed by atoms with E-state index in [1.165, 1.54) is 0 Å². The molecule has 6 atom stereocenters. The number of benzene rings is 2. The molecule has 0 aromatic heterocycles. The molecule has 0 aliphatic carbocycles. The molecule has 6 rings (SSSR count). The van der Waals surface area contributed by atoms with Gasteiger partial charge in [-0.2, -0.15) is 0 Å². The smallest absolute Gasteiger partial charge is 0.249 e. The van der Waals surface area contributed by atoms with Gasteiger partial charge < -0.3 is 24.5 Å². The molecule has 2 aromatic carbocycles. The lowest BCUT2D eigenvalue weighted by Gasteiger charge is -2.42. The summed E-state index contributed by atoms with van der Waals surface area (Å²) in [6.07, 6.45) is 7.23. The number of carbonyl (C=O) groups is 3. The first-order chi connectivity index (χ1) is 19.7. The number of aliphatic hydroxyl groups excluding tert-OH is 1. The van der Waals surface area contributed by atoms with Crippen LogP contribution >= 0.6 is 0 Å². The van der Waals surface area contributed by atoms with Gasteiger partial charge in [0.15, 0.2) is 0 Å². The van der Waals surface area contributed by atoms with Crippen molar-refractivity contribution in [2.45, 2.75) is 56.5 Å². The van der Waals surface area contributed by atoms with Gasteiger partial charge in [0, 0.05) is 24.3 Å². The topological polar surface area (TPSA) is 90.4 Å². The molecule has 0 bridgehead atoms. The molecule has 4 aliphatic rings. The zero-order chi connectivity index (χ0) is 28.9. The Hall–Kier alpha value is -3.75. The number of anilines is 1. The fourth-order valence-electron chi connectivity index (χ4n) is 7.05. The first kappa shape index (κ1) is 27.4. The van der Waals surface area contributed by atoms with E-state index in [1.54, 1.807) is 14.7 Å². The molecule has 3 amide bonds. The summed E-state index contributed by atoms with van der Waals surface area (Å²) < 4.78 is 6.76. The monoisotopic (exact) mass is 555 g/mol. The highest BCUT2D eigenvalue weighted by molar-refractivity contribution is 6.04. The zero-order valence-corrected chi connectivity index (χ0v) is 23.7. The maximum Gasteiger partial charge on any atom is 0.249 e. The minimum absolute atomic E-state index is 0.205. The van der Waals surface area contributed by atoms with Crippen LogP contribution in [-0.4, -0.2) is 81.7 Å². The molecular formula is C33H37N3O5. The first-order valence-electron chi connectivity index (χ1n) is 14.3. The van der Waals surface area contributed by atoms with Gasteiger partial charge in [0.25, 0.3) is 0 Å². The molecule has 8 nitrogen and oxygen atoms in total. The van der Waals surface area contributed by atoms with Crippen LogP contribution in [0.2, 0.25) is 0 Å². The quantitative estimate of drug-likeness (QED) is 0.573. The molecule has 2 saturated heterocycles. The molecule has 4 heterocycles. The largest absolute Gasteiger partial charge is 0.394 e. The average Bonchev–Trinajstić information content (AvgIpc) is 3.27. The van der Waals surface area contributed by atoms with E-state index in [-0.39, 0.29) is 24.3 Å². The van der Waals surface area contributed by atoms with Crippen molar-refractivity contribution < 1.29 is 24.2 Å². The van der Waals surface area contributed by atoms with Crippen molar-refractivity contribution in [3.05, 3.63) is 90.5 Å². The predicted octanol–water partition coefficient (Wildman–Crippen LogP) is 2.97. The minimum atomic E-state index is -1.34. The lowest BCUT2D eigenvalue weighted by molar-refractivity contribution is -0.153. The third-order valence-electron chi connectivity index (χ3n) is 8.89. The van der Waals surface area contributed by atoms with Gasteiger partial charge in [-0.25, -0.2) is 0 Å². The Morgan fingerprint density at radius 3 is 2.27 bits per heavy atom. The summed E-state index contributed by atoms with van der Waals surface area (Å²) >= 11 is 0. The van der Waals surface area contributed by atoms with Crippen molar-refractivity contribution in [1.82, 2.24) is 9.80 Å². The van der Waals surface area contributed by atoms with E-state index in [4.69, 9.17) is 4.74 Å². The second-order valence-corrected chi connectivity index (χ2v) is 12.3. The van der Waals surface area contributed by atoms with Gasteiger partial charge in [-0.15, -0.1) is 0 Å². The predicted molar refractivity (Wildman–Crippen MR) is 155 cm³/mol. The lowest BCUT2D eigenvalue weighted by atomic mass is 9.77. The van der Waals surface area contributed by atoms with Crippen LogP contribution in [0.25, 0.3) is 0 Å². The Bertz CT molecular complexity index is 1380. The van der Waals surface area contributed by atoms with Crippen LogP contribution in [0.1, 0.15) is 26.3 Å². The number of fused-ring (bicyclic) bond motifs is 2. The van der Waals surface area contributed by atoms with Crippen LogP contribution in [0, 0.1) is 11.8 Å². The standard InChI is InChI=1S/C33H37N3O5/c1-32(2,3)35-19-11-17-33-27(26-25(41-33)16-10-18-34(29(26)38)23-14-8-5-9-15-23)30(39)36(28(33)31(35)40)24(21-37)20-22-12-6-4-7-13-22/h4-17,24-28,37H,18-21H2,1-3H3/t24-,25-,26+,27+,28?,33+/m1/s1. The summed E-state index contributed by atoms with van der Waals surface area (Å²) in [6, 6.07) is 17.3. The number of hydrogen-bond acceptors (Lipinski definition) is 5. The molecule has 41 heavy (non-hydrogen) atoms. The first-order valence-corrected chi connectivity index (χ1v) is 14.3. The molecule has 4 aliphatic heterocycles. The third-order valence-corrected chi connectivity index (χ3v) is 8.89. The van der Waals surface area contributed by atoms with Crippen LogP contribution in [-0.2, 0) is 25.5 Å². The summed E-state index contributed by atoms with van der Waals surface area (Å²) in [5, 5.41) is 10.7. The molecule has 1 N–H and O–H groups in total. The van der Waals surface area contributed by atoms with E-state index in [2.05, 4.69) is 0 Å². The number of nitrogens with zero attached hydrogens (tertiary/aromatic N) is 3. The minimum Gasteiger partial charge on any atom is -0.394 e. The Balaban J connectivity index is 1.47. The maximum absolute atomic E-state index is 14.6. The van der Waals surface area contributed by atoms with E-state index in [1.807, 2.05) is 106 Å². The van der Waals surface area contributed by atoms with Crippen molar-refractivity contribution in [3.8, 4) is 0 Å². The fourth-order valence-corrected chi connectivity index (χ4v) is 7.05. The van der Waals surface area contributed by atoms with Crippen LogP contribution < -0.4 is 4.90 Å². The molecule has 0 saturated carbocycles. The van der Waals surface area contributed by atoms with Gasteiger partial charge in [0.2, 0.25) is 17.7 Å². The fraction of sp³-hybridized carbons (Fsp3) is 0.424. The van der Waals surface area contributed by atoms with Crippen molar-refractivity contribution in [2.75, 3.05) is 24.6 Å². The zero-order valence-electron chi connectivity index (χ0n) is 23.7. The van der Waals surface area contributed by atoms with Crippen molar-refractivity contribution >= 4 is 23.4 Å². The van der Waals surface area contributed by atoms with Crippen molar-refractivity contribution in [3.63, 3.8) is 0 Å². The molecule has 8 heteroatoms. The van der Waals surface area contributed by atoms with Crippen LogP contribution in [0.4, 0.5) is 5.69 Å². The van der Waals surface area contributed by atoms with Gasteiger partial charge in [0.1, 0.15) is 11.6 Å². The second-order valence-electron chi connectivity index (χ2n) is 12.3. The third kappa shape index (κ3) is 4.41. The number of aliphatic hydroxyl groups is 1. The van der Waals surface area contributed by atoms with Crippen LogP contribution in [0.3, 0.4) is 0 Å². The summed E-state index contributed by atoms with van der Waals surface area (Å²) in [5.41, 5.74) is -0.173. The number of ether oxygens (including phenoxy) is 1. The Morgan fingerprint density at radius 1 is 0.927 bits per heavy atom. The molecule has 2 fully saturated rings. The SMILES string of the molecule is CC(C)(C)N1CC=C[C@]23O[C@@H]4C=CCN(c5ccccc5)C(=O)[C@@H]4[C@H]2C(=O)N([C@@H](CO)Cc2ccccc2)C3C1=O. The van der Waals surface area contributed by atoms with Gasteiger partial charge >= 0.3 is 0 Å². The normalized spacial score (nSPS) is 30.1. The molecular weight excluding hydrogens is 518 g/mol. The van der Waals surface area contributed by atoms with Crippen molar-refractivity contribution in [1.29, 1.82) is 0 Å². The lowest BCUT2D eigenvalue weighted by Crippen LogP contribution is -2.61. The number of para-hydroxylation sites is 1. The molecule has 214 valence electrons. The number of carbonyl (C=O) groups excluding carboxylic acids is 3. The number of rotatable bonds is 5. The summed E-state index contributed by atoms with van der Waals surface area (Å²) in [4.78, 5) is 48.4. The van der Waals surface area contributed by atoms with Gasteiger partial charge in [-0.05, 0) is 44.9 Å².